The second-order valence-electron chi connectivity index (χ2n) is 6.89. The number of carbonyl (C=O) groups is 1. The van der Waals surface area contributed by atoms with Gasteiger partial charge in [-0.1, -0.05) is 49.4 Å². The number of aryl methyl sites for hydroxylation is 1. The van der Waals surface area contributed by atoms with Gasteiger partial charge in [-0.3, -0.25) is 4.79 Å². The molecule has 1 amide bonds. The monoisotopic (exact) mass is 426 g/mol. The zero-order valence-electron chi connectivity index (χ0n) is 16.8. The number of nitrogens with one attached hydrogen (secondary N) is 1. The minimum absolute atomic E-state index is 0.0623. The van der Waals surface area contributed by atoms with E-state index in [1.807, 2.05) is 31.2 Å². The van der Waals surface area contributed by atoms with Crippen LogP contribution in [0.1, 0.15) is 28.4 Å². The van der Waals surface area contributed by atoms with Crippen molar-refractivity contribution in [1.82, 2.24) is 4.31 Å². The van der Waals surface area contributed by atoms with Gasteiger partial charge in [0.2, 0.25) is 10.0 Å². The maximum absolute atomic E-state index is 14.5. The molecule has 0 aromatic heterocycles. The Balaban J connectivity index is 1.90. The van der Waals surface area contributed by atoms with Crippen molar-refractivity contribution >= 4 is 21.6 Å². The van der Waals surface area contributed by atoms with Crippen molar-refractivity contribution in [2.24, 2.45) is 0 Å². The molecule has 30 heavy (non-hydrogen) atoms. The molecule has 156 valence electrons. The zero-order chi connectivity index (χ0) is 21.7. The Hall–Kier alpha value is -3.03. The molecule has 0 saturated carbocycles. The number of rotatable bonds is 7. The first-order valence-corrected chi connectivity index (χ1v) is 11.0. The van der Waals surface area contributed by atoms with Crippen LogP contribution >= 0.6 is 0 Å². The SMILES string of the molecule is CCN(Cc1ccccc1)S(=O)(=O)c1cc(C(=O)Nc2cccc(C)c2)ccc1F. The van der Waals surface area contributed by atoms with E-state index in [9.17, 15) is 17.6 Å². The molecule has 0 saturated heterocycles. The van der Waals surface area contributed by atoms with Crippen LogP contribution in [0.25, 0.3) is 0 Å². The fourth-order valence-electron chi connectivity index (χ4n) is 3.06. The quantitative estimate of drug-likeness (QED) is 0.601. The summed E-state index contributed by atoms with van der Waals surface area (Å²) in [5.41, 5.74) is 2.39. The topological polar surface area (TPSA) is 66.5 Å². The van der Waals surface area contributed by atoms with E-state index in [2.05, 4.69) is 5.32 Å². The molecule has 0 heterocycles. The van der Waals surface area contributed by atoms with Crippen molar-refractivity contribution in [2.75, 3.05) is 11.9 Å². The predicted molar refractivity (Wildman–Crippen MR) is 115 cm³/mol. The van der Waals surface area contributed by atoms with Gasteiger partial charge in [0.15, 0.2) is 0 Å². The Bertz CT molecular complexity index is 1150. The third kappa shape index (κ3) is 4.93. The predicted octanol–water partition coefficient (Wildman–Crippen LogP) is 4.60. The third-order valence-electron chi connectivity index (χ3n) is 4.64. The van der Waals surface area contributed by atoms with Gasteiger partial charge in [0.1, 0.15) is 10.7 Å². The van der Waals surface area contributed by atoms with Gasteiger partial charge >= 0.3 is 0 Å². The van der Waals surface area contributed by atoms with Crippen LogP contribution < -0.4 is 5.32 Å². The van der Waals surface area contributed by atoms with Crippen molar-refractivity contribution < 1.29 is 17.6 Å². The number of carbonyl (C=O) groups excluding carboxylic acids is 1. The van der Waals surface area contributed by atoms with Gasteiger partial charge in [-0.05, 0) is 48.4 Å². The molecule has 3 rings (SSSR count). The van der Waals surface area contributed by atoms with E-state index < -0.39 is 26.6 Å². The van der Waals surface area contributed by atoms with E-state index in [1.165, 1.54) is 10.4 Å². The molecule has 0 bridgehead atoms. The smallest absolute Gasteiger partial charge is 0.255 e. The summed E-state index contributed by atoms with van der Waals surface area (Å²) in [7, 11) is -4.14. The van der Waals surface area contributed by atoms with Crippen LogP contribution in [0.15, 0.2) is 77.7 Å². The van der Waals surface area contributed by atoms with E-state index in [-0.39, 0.29) is 18.7 Å². The van der Waals surface area contributed by atoms with Gasteiger partial charge in [-0.15, -0.1) is 0 Å². The maximum Gasteiger partial charge on any atom is 0.255 e. The number of hydrogen-bond acceptors (Lipinski definition) is 3. The Morgan fingerprint density at radius 3 is 2.40 bits per heavy atom. The van der Waals surface area contributed by atoms with Crippen LogP contribution in [-0.4, -0.2) is 25.2 Å². The summed E-state index contributed by atoms with van der Waals surface area (Å²) in [6, 6.07) is 19.6. The fourth-order valence-corrected chi connectivity index (χ4v) is 4.59. The molecule has 3 aromatic carbocycles. The molecule has 0 aliphatic carbocycles. The summed E-state index contributed by atoms with van der Waals surface area (Å²) < 4.78 is 41.9. The Kier molecular flexibility index (Phi) is 6.64. The summed E-state index contributed by atoms with van der Waals surface area (Å²) in [4.78, 5) is 12.1. The number of anilines is 1. The Morgan fingerprint density at radius 1 is 1.00 bits per heavy atom. The van der Waals surface area contributed by atoms with Gasteiger partial charge in [0.05, 0.1) is 0 Å². The second-order valence-corrected chi connectivity index (χ2v) is 8.79. The number of halogens is 1. The first-order chi connectivity index (χ1) is 14.3. The molecule has 0 aliphatic heterocycles. The van der Waals surface area contributed by atoms with Gasteiger partial charge in [0, 0.05) is 24.3 Å². The van der Waals surface area contributed by atoms with E-state index >= 15 is 0 Å². The van der Waals surface area contributed by atoms with E-state index in [0.717, 1.165) is 23.3 Å². The lowest BCUT2D eigenvalue weighted by molar-refractivity contribution is 0.102. The van der Waals surface area contributed by atoms with Gasteiger partial charge in [0.25, 0.3) is 5.91 Å². The van der Waals surface area contributed by atoms with Crippen LogP contribution in [0.2, 0.25) is 0 Å². The molecular weight excluding hydrogens is 403 g/mol. The first-order valence-electron chi connectivity index (χ1n) is 9.53. The molecule has 5 nitrogen and oxygen atoms in total. The molecule has 0 fully saturated rings. The van der Waals surface area contributed by atoms with Crippen LogP contribution in [0.5, 0.6) is 0 Å². The second kappa shape index (κ2) is 9.19. The fraction of sp³-hybridized carbons (Fsp3) is 0.174. The number of amides is 1. The molecule has 7 heteroatoms. The minimum Gasteiger partial charge on any atom is -0.322 e. The molecule has 1 N–H and O–H groups in total. The highest BCUT2D eigenvalue weighted by molar-refractivity contribution is 7.89. The number of nitrogens with zero attached hydrogens (tertiary/aromatic N) is 1. The highest BCUT2D eigenvalue weighted by Crippen LogP contribution is 2.23. The standard InChI is InChI=1S/C23H23FN2O3S/c1-3-26(16-18-9-5-4-6-10-18)30(28,29)22-15-19(12-13-21(22)24)23(27)25-20-11-7-8-17(2)14-20/h4-15H,3,16H2,1-2H3,(H,25,27). The molecule has 0 aliphatic rings. The lowest BCUT2D eigenvalue weighted by Gasteiger charge is -2.21. The van der Waals surface area contributed by atoms with Crippen molar-refractivity contribution in [2.45, 2.75) is 25.3 Å². The van der Waals surface area contributed by atoms with E-state index in [1.54, 1.807) is 37.3 Å². The number of benzene rings is 3. The number of sulfonamides is 1. The largest absolute Gasteiger partial charge is 0.322 e. The highest BCUT2D eigenvalue weighted by atomic mass is 32.2. The van der Waals surface area contributed by atoms with Crippen molar-refractivity contribution in [3.8, 4) is 0 Å². The minimum atomic E-state index is -4.14. The molecular formula is C23H23FN2O3S. The lowest BCUT2D eigenvalue weighted by atomic mass is 10.2. The third-order valence-corrected chi connectivity index (χ3v) is 6.58. The summed E-state index contributed by atoms with van der Waals surface area (Å²) in [5.74, 6) is -1.41. The van der Waals surface area contributed by atoms with Gasteiger partial charge < -0.3 is 5.32 Å². The zero-order valence-corrected chi connectivity index (χ0v) is 17.6. The molecule has 0 atom stereocenters. The summed E-state index contributed by atoms with van der Waals surface area (Å²) in [6.45, 7) is 3.85. The van der Waals surface area contributed by atoms with Crippen molar-refractivity contribution in [1.29, 1.82) is 0 Å². The lowest BCUT2D eigenvalue weighted by Crippen LogP contribution is -2.31. The van der Waals surface area contributed by atoms with Gasteiger partial charge in [-0.25, -0.2) is 12.8 Å². The Morgan fingerprint density at radius 2 is 1.73 bits per heavy atom. The molecule has 0 spiro atoms. The van der Waals surface area contributed by atoms with Crippen LogP contribution in [-0.2, 0) is 16.6 Å². The number of hydrogen-bond donors (Lipinski definition) is 1. The molecule has 0 radical (unpaired) electrons. The summed E-state index contributed by atoms with van der Waals surface area (Å²) >= 11 is 0. The van der Waals surface area contributed by atoms with E-state index in [4.69, 9.17) is 0 Å². The average Bonchev–Trinajstić information content (AvgIpc) is 2.72. The van der Waals surface area contributed by atoms with Crippen LogP contribution in [0.3, 0.4) is 0 Å². The van der Waals surface area contributed by atoms with Crippen molar-refractivity contribution in [3.63, 3.8) is 0 Å². The van der Waals surface area contributed by atoms with Crippen molar-refractivity contribution in [3.05, 3.63) is 95.3 Å². The summed E-state index contributed by atoms with van der Waals surface area (Å²) in [5, 5.41) is 2.71. The Labute approximate surface area is 176 Å². The molecule has 3 aromatic rings. The molecule has 0 unspecified atom stereocenters. The van der Waals surface area contributed by atoms with Crippen LogP contribution in [0, 0.1) is 12.7 Å². The van der Waals surface area contributed by atoms with E-state index in [0.29, 0.717) is 5.69 Å². The normalized spacial score (nSPS) is 11.5. The maximum atomic E-state index is 14.5. The average molecular weight is 427 g/mol. The highest BCUT2D eigenvalue weighted by Gasteiger charge is 2.27. The summed E-state index contributed by atoms with van der Waals surface area (Å²) in [6.07, 6.45) is 0. The first kappa shape index (κ1) is 21.7. The van der Waals surface area contributed by atoms with Crippen LogP contribution in [0.4, 0.5) is 10.1 Å². The van der Waals surface area contributed by atoms with Gasteiger partial charge in [-0.2, -0.15) is 4.31 Å².